The Labute approximate surface area is 124 Å². The van der Waals surface area contributed by atoms with Gasteiger partial charge in [0.15, 0.2) is 5.96 Å². The molecule has 0 aromatic carbocycles. The number of unbranched alkanes of at least 4 members (excludes halogenated alkanes) is 1. The van der Waals surface area contributed by atoms with Crippen molar-refractivity contribution in [1.29, 1.82) is 0 Å². The second kappa shape index (κ2) is 9.11. The van der Waals surface area contributed by atoms with Gasteiger partial charge in [0.2, 0.25) is 0 Å². The molecule has 0 aliphatic heterocycles. The molecule has 0 aromatic heterocycles. The van der Waals surface area contributed by atoms with E-state index in [9.17, 15) is 21.6 Å². The maximum Gasteiger partial charge on any atom is 0.389 e. The predicted octanol–water partition coefficient (Wildman–Crippen LogP) is 1.71. The van der Waals surface area contributed by atoms with E-state index in [2.05, 4.69) is 15.6 Å². The summed E-state index contributed by atoms with van der Waals surface area (Å²) >= 11 is 0. The average molecular weight is 331 g/mol. The molecule has 0 radical (unpaired) electrons. The van der Waals surface area contributed by atoms with Crippen LogP contribution in [0.5, 0.6) is 0 Å². The minimum absolute atomic E-state index is 0.0666. The van der Waals surface area contributed by atoms with E-state index in [-0.39, 0.29) is 18.2 Å². The lowest BCUT2D eigenvalue weighted by molar-refractivity contribution is -0.135. The van der Waals surface area contributed by atoms with Crippen LogP contribution in [-0.2, 0) is 9.84 Å². The Morgan fingerprint density at radius 3 is 2.38 bits per heavy atom. The summed E-state index contributed by atoms with van der Waals surface area (Å²) in [6.45, 7) is 2.20. The van der Waals surface area contributed by atoms with Crippen LogP contribution in [0.1, 0.15) is 32.6 Å². The molecule has 0 saturated heterocycles. The number of guanidine groups is 1. The van der Waals surface area contributed by atoms with Crippen molar-refractivity contribution in [3.63, 3.8) is 0 Å². The highest BCUT2D eigenvalue weighted by Gasteiger charge is 2.25. The maximum atomic E-state index is 12.0. The summed E-state index contributed by atoms with van der Waals surface area (Å²) < 4.78 is 58.0. The zero-order valence-electron chi connectivity index (χ0n) is 12.6. The minimum atomic E-state index is -4.11. The van der Waals surface area contributed by atoms with Crippen molar-refractivity contribution in [2.45, 2.75) is 44.8 Å². The van der Waals surface area contributed by atoms with Gasteiger partial charge in [0.1, 0.15) is 9.84 Å². The average Bonchev–Trinajstić information content (AvgIpc) is 2.32. The van der Waals surface area contributed by atoms with E-state index in [4.69, 9.17) is 0 Å². The van der Waals surface area contributed by atoms with Crippen molar-refractivity contribution in [1.82, 2.24) is 10.6 Å². The van der Waals surface area contributed by atoms with Crippen LogP contribution in [0.15, 0.2) is 4.99 Å². The standard InChI is InChI=1S/C12H24F3N3O2S/c1-10(6-9-21(3,19)20)18-11(16-2)17-8-5-4-7-12(13,14)15/h10H,4-9H2,1-3H3,(H2,16,17,18). The third-order valence-corrected chi connectivity index (χ3v) is 3.69. The van der Waals surface area contributed by atoms with E-state index in [1.54, 1.807) is 7.05 Å². The van der Waals surface area contributed by atoms with Gasteiger partial charge >= 0.3 is 6.18 Å². The lowest BCUT2D eigenvalue weighted by atomic mass is 10.2. The van der Waals surface area contributed by atoms with Gasteiger partial charge in [-0.05, 0) is 26.2 Å². The van der Waals surface area contributed by atoms with E-state index < -0.39 is 22.4 Å². The molecule has 0 fully saturated rings. The lowest BCUT2D eigenvalue weighted by Crippen LogP contribution is -2.43. The van der Waals surface area contributed by atoms with Crippen LogP contribution in [0.3, 0.4) is 0 Å². The van der Waals surface area contributed by atoms with Gasteiger partial charge in [0.25, 0.3) is 0 Å². The quantitative estimate of drug-likeness (QED) is 0.403. The minimum Gasteiger partial charge on any atom is -0.356 e. The van der Waals surface area contributed by atoms with Gasteiger partial charge in [-0.25, -0.2) is 8.42 Å². The molecule has 0 aromatic rings. The number of aliphatic imine (C=N–C) groups is 1. The molecule has 0 aliphatic carbocycles. The second-order valence-corrected chi connectivity index (χ2v) is 7.29. The molecule has 0 aliphatic rings. The summed E-state index contributed by atoms with van der Waals surface area (Å²) in [5, 5.41) is 5.90. The SMILES string of the molecule is CN=C(NCCCCC(F)(F)F)NC(C)CCS(C)(=O)=O. The molecule has 0 heterocycles. The fourth-order valence-corrected chi connectivity index (χ4v) is 2.33. The van der Waals surface area contributed by atoms with Gasteiger partial charge < -0.3 is 10.6 Å². The predicted molar refractivity (Wildman–Crippen MR) is 78.2 cm³/mol. The molecule has 126 valence electrons. The van der Waals surface area contributed by atoms with E-state index in [0.717, 1.165) is 0 Å². The summed E-state index contributed by atoms with van der Waals surface area (Å²) in [6.07, 6.45) is -2.83. The van der Waals surface area contributed by atoms with E-state index in [0.29, 0.717) is 25.3 Å². The number of alkyl halides is 3. The van der Waals surface area contributed by atoms with Gasteiger partial charge in [-0.3, -0.25) is 4.99 Å². The van der Waals surface area contributed by atoms with Crippen LogP contribution in [0.4, 0.5) is 13.2 Å². The van der Waals surface area contributed by atoms with Crippen molar-refractivity contribution in [2.24, 2.45) is 4.99 Å². The first-order valence-electron chi connectivity index (χ1n) is 6.75. The molecular formula is C12H24F3N3O2S. The number of hydrogen-bond acceptors (Lipinski definition) is 3. The Hall–Kier alpha value is -0.990. The number of rotatable bonds is 8. The van der Waals surface area contributed by atoms with Gasteiger partial charge in [-0.1, -0.05) is 0 Å². The smallest absolute Gasteiger partial charge is 0.356 e. The Morgan fingerprint density at radius 1 is 1.29 bits per heavy atom. The largest absolute Gasteiger partial charge is 0.389 e. The number of halogens is 3. The molecule has 21 heavy (non-hydrogen) atoms. The Morgan fingerprint density at radius 2 is 1.90 bits per heavy atom. The van der Waals surface area contributed by atoms with E-state index in [1.807, 2.05) is 6.92 Å². The fourth-order valence-electron chi connectivity index (χ4n) is 1.55. The first-order chi connectivity index (χ1) is 9.53. The zero-order chi connectivity index (χ0) is 16.5. The molecule has 0 bridgehead atoms. The monoisotopic (exact) mass is 331 g/mol. The molecule has 0 saturated carbocycles. The summed E-state index contributed by atoms with van der Waals surface area (Å²) in [5.41, 5.74) is 0. The molecular weight excluding hydrogens is 307 g/mol. The fraction of sp³-hybridized carbons (Fsp3) is 0.917. The topological polar surface area (TPSA) is 70.6 Å². The van der Waals surface area contributed by atoms with Gasteiger partial charge in [-0.2, -0.15) is 13.2 Å². The molecule has 2 N–H and O–H groups in total. The maximum absolute atomic E-state index is 12.0. The van der Waals surface area contributed by atoms with Crippen LogP contribution in [-0.4, -0.2) is 52.2 Å². The third-order valence-electron chi connectivity index (χ3n) is 2.71. The number of hydrogen-bond donors (Lipinski definition) is 2. The highest BCUT2D eigenvalue weighted by Crippen LogP contribution is 2.21. The van der Waals surface area contributed by atoms with Crippen LogP contribution < -0.4 is 10.6 Å². The van der Waals surface area contributed by atoms with Crippen molar-refractivity contribution in [3.8, 4) is 0 Å². The first-order valence-corrected chi connectivity index (χ1v) is 8.81. The van der Waals surface area contributed by atoms with Gasteiger partial charge in [0, 0.05) is 32.3 Å². The molecule has 0 rings (SSSR count). The number of nitrogens with zero attached hydrogens (tertiary/aromatic N) is 1. The third kappa shape index (κ3) is 13.7. The molecule has 9 heteroatoms. The van der Waals surface area contributed by atoms with Crippen LogP contribution in [0, 0.1) is 0 Å². The zero-order valence-corrected chi connectivity index (χ0v) is 13.4. The number of nitrogens with one attached hydrogen (secondary N) is 2. The molecule has 5 nitrogen and oxygen atoms in total. The summed E-state index contributed by atoms with van der Waals surface area (Å²) in [6, 6.07) is -0.0962. The molecule has 1 unspecified atom stereocenters. The van der Waals surface area contributed by atoms with Crippen molar-refractivity contribution >= 4 is 15.8 Å². The van der Waals surface area contributed by atoms with Gasteiger partial charge in [-0.15, -0.1) is 0 Å². The van der Waals surface area contributed by atoms with Crippen molar-refractivity contribution < 1.29 is 21.6 Å². The summed E-state index contributed by atoms with van der Waals surface area (Å²) in [4.78, 5) is 3.94. The Balaban J connectivity index is 3.91. The van der Waals surface area contributed by atoms with Crippen molar-refractivity contribution in [3.05, 3.63) is 0 Å². The van der Waals surface area contributed by atoms with Crippen molar-refractivity contribution in [2.75, 3.05) is 25.6 Å². The number of sulfone groups is 1. The van der Waals surface area contributed by atoms with Crippen LogP contribution in [0.25, 0.3) is 0 Å². The first kappa shape index (κ1) is 20.0. The summed E-state index contributed by atoms with van der Waals surface area (Å²) in [7, 11) is -1.46. The molecule has 0 amide bonds. The molecule has 1 atom stereocenters. The Bertz CT molecular complexity index is 422. The highest BCUT2D eigenvalue weighted by atomic mass is 32.2. The van der Waals surface area contributed by atoms with Crippen LogP contribution in [0.2, 0.25) is 0 Å². The second-order valence-electron chi connectivity index (χ2n) is 5.04. The molecule has 0 spiro atoms. The van der Waals surface area contributed by atoms with E-state index >= 15 is 0 Å². The van der Waals surface area contributed by atoms with E-state index in [1.165, 1.54) is 6.26 Å². The Kier molecular flexibility index (Phi) is 8.68. The lowest BCUT2D eigenvalue weighted by Gasteiger charge is -2.17. The highest BCUT2D eigenvalue weighted by molar-refractivity contribution is 7.90. The summed E-state index contributed by atoms with van der Waals surface area (Å²) in [5.74, 6) is 0.534. The normalized spacial score (nSPS) is 14.9. The van der Waals surface area contributed by atoms with Crippen LogP contribution >= 0.6 is 0 Å². The van der Waals surface area contributed by atoms with Gasteiger partial charge in [0.05, 0.1) is 5.75 Å².